The molecule has 0 radical (unpaired) electrons. The van der Waals surface area contributed by atoms with Gasteiger partial charge in [0.2, 0.25) is 5.91 Å². The van der Waals surface area contributed by atoms with E-state index in [2.05, 4.69) is 20.6 Å². The van der Waals surface area contributed by atoms with E-state index in [-0.39, 0.29) is 5.91 Å². The first kappa shape index (κ1) is 12.7. The molecule has 1 amide bonds. The lowest BCUT2D eigenvalue weighted by molar-refractivity contribution is -0.120. The topological polar surface area (TPSA) is 66.9 Å². The molecule has 0 aromatic carbocycles. The van der Waals surface area contributed by atoms with Gasteiger partial charge in [-0.15, -0.1) is 0 Å². The van der Waals surface area contributed by atoms with Crippen LogP contribution in [0, 0.1) is 0 Å². The molecule has 16 heavy (non-hydrogen) atoms. The third kappa shape index (κ3) is 4.44. The highest BCUT2D eigenvalue weighted by Crippen LogP contribution is 2.13. The monoisotopic (exact) mass is 242 g/mol. The maximum Gasteiger partial charge on any atom is 0.221 e. The molecule has 88 valence electrons. The van der Waals surface area contributed by atoms with Crippen molar-refractivity contribution in [2.45, 2.75) is 19.8 Å². The summed E-state index contributed by atoms with van der Waals surface area (Å²) < 4.78 is 0. The second-order valence-corrected chi connectivity index (χ2v) is 3.58. The number of carbonyl (C=O) groups is 1. The van der Waals surface area contributed by atoms with Crippen molar-refractivity contribution < 1.29 is 4.79 Å². The summed E-state index contributed by atoms with van der Waals surface area (Å²) in [4.78, 5) is 19.1. The summed E-state index contributed by atoms with van der Waals surface area (Å²) in [6.45, 7) is 3.22. The molecule has 6 heteroatoms. The number of amides is 1. The van der Waals surface area contributed by atoms with Gasteiger partial charge in [0, 0.05) is 31.9 Å². The summed E-state index contributed by atoms with van der Waals surface area (Å²) in [5, 5.41) is 6.06. The maximum atomic E-state index is 11.3. The number of aromatic nitrogens is 2. The Hall–Kier alpha value is -1.36. The molecule has 0 aliphatic heterocycles. The maximum absolute atomic E-state index is 11.3. The Morgan fingerprint density at radius 2 is 2.12 bits per heavy atom. The molecular formula is C10H15ClN4O. The highest BCUT2D eigenvalue weighted by atomic mass is 35.5. The number of nitrogens with zero attached hydrogens (tertiary/aromatic N) is 2. The van der Waals surface area contributed by atoms with Gasteiger partial charge < -0.3 is 10.6 Å². The van der Waals surface area contributed by atoms with Crippen molar-refractivity contribution in [3.63, 3.8) is 0 Å². The van der Waals surface area contributed by atoms with Crippen LogP contribution >= 0.6 is 11.6 Å². The van der Waals surface area contributed by atoms with Gasteiger partial charge in [0.25, 0.3) is 0 Å². The zero-order valence-electron chi connectivity index (χ0n) is 9.16. The predicted octanol–water partition coefficient (Wildman–Crippen LogP) is 1.46. The molecule has 1 aromatic rings. The highest BCUT2D eigenvalue weighted by molar-refractivity contribution is 6.31. The van der Waals surface area contributed by atoms with Crippen molar-refractivity contribution in [2.24, 2.45) is 0 Å². The van der Waals surface area contributed by atoms with Crippen molar-refractivity contribution in [3.8, 4) is 0 Å². The van der Waals surface area contributed by atoms with Crippen LogP contribution in [0.25, 0.3) is 0 Å². The van der Waals surface area contributed by atoms with Crippen LogP contribution in [0.3, 0.4) is 0 Å². The largest absolute Gasteiger partial charge is 0.367 e. The van der Waals surface area contributed by atoms with Gasteiger partial charge in [-0.25, -0.2) is 9.97 Å². The molecule has 5 nitrogen and oxygen atoms in total. The molecular weight excluding hydrogens is 228 g/mol. The molecule has 0 bridgehead atoms. The zero-order chi connectivity index (χ0) is 11.8. The fourth-order valence-electron chi connectivity index (χ4n) is 1.09. The van der Waals surface area contributed by atoms with Gasteiger partial charge in [-0.1, -0.05) is 18.5 Å². The van der Waals surface area contributed by atoms with E-state index >= 15 is 0 Å². The van der Waals surface area contributed by atoms with E-state index in [1.54, 1.807) is 6.20 Å². The number of hydrogen-bond donors (Lipinski definition) is 2. The number of nitrogens with one attached hydrogen (secondary N) is 2. The standard InChI is InChI=1S/C10H15ClN4O/c1-2-4-12-8(16)3-5-14-10-9(11)13-6-7-15-10/h6-7H,2-5H2,1H3,(H,12,16)(H,14,15). The van der Waals surface area contributed by atoms with Crippen LogP contribution in [0.5, 0.6) is 0 Å². The van der Waals surface area contributed by atoms with Gasteiger partial charge >= 0.3 is 0 Å². The summed E-state index contributed by atoms with van der Waals surface area (Å²) >= 11 is 5.79. The lowest BCUT2D eigenvalue weighted by Crippen LogP contribution is -2.26. The molecule has 0 saturated carbocycles. The smallest absolute Gasteiger partial charge is 0.221 e. The lowest BCUT2D eigenvalue weighted by atomic mass is 10.3. The minimum atomic E-state index is 0.0226. The lowest BCUT2D eigenvalue weighted by Gasteiger charge is -2.06. The second kappa shape index (κ2) is 7.00. The number of carbonyl (C=O) groups excluding carboxylic acids is 1. The number of anilines is 1. The van der Waals surface area contributed by atoms with Gasteiger partial charge in [-0.3, -0.25) is 4.79 Å². The van der Waals surface area contributed by atoms with Gasteiger partial charge in [-0.05, 0) is 6.42 Å². The summed E-state index contributed by atoms with van der Waals surface area (Å²) in [6, 6.07) is 0. The van der Waals surface area contributed by atoms with Crippen LogP contribution in [-0.2, 0) is 4.79 Å². The predicted molar refractivity (Wildman–Crippen MR) is 63.4 cm³/mol. The summed E-state index contributed by atoms with van der Waals surface area (Å²) in [5.41, 5.74) is 0. The summed E-state index contributed by atoms with van der Waals surface area (Å²) in [5.74, 6) is 0.529. The molecule has 1 heterocycles. The number of halogens is 1. The number of rotatable bonds is 6. The van der Waals surface area contributed by atoms with Crippen LogP contribution in [0.1, 0.15) is 19.8 Å². The van der Waals surface area contributed by atoms with Crippen molar-refractivity contribution in [1.29, 1.82) is 0 Å². The molecule has 0 aliphatic rings. The Kier molecular flexibility index (Phi) is 5.56. The van der Waals surface area contributed by atoms with Gasteiger partial charge in [0.1, 0.15) is 0 Å². The van der Waals surface area contributed by atoms with Crippen LogP contribution < -0.4 is 10.6 Å². The fraction of sp³-hybridized carbons (Fsp3) is 0.500. The van der Waals surface area contributed by atoms with E-state index < -0.39 is 0 Å². The third-order valence-corrected chi connectivity index (χ3v) is 2.15. The minimum Gasteiger partial charge on any atom is -0.367 e. The van der Waals surface area contributed by atoms with Gasteiger partial charge in [-0.2, -0.15) is 0 Å². The third-order valence-electron chi connectivity index (χ3n) is 1.87. The minimum absolute atomic E-state index is 0.0226. The Labute approximate surface area is 99.6 Å². The SMILES string of the molecule is CCCNC(=O)CCNc1nccnc1Cl. The van der Waals surface area contributed by atoms with E-state index in [1.165, 1.54) is 6.20 Å². The van der Waals surface area contributed by atoms with E-state index in [1.807, 2.05) is 6.92 Å². The molecule has 0 unspecified atom stereocenters. The molecule has 1 rings (SSSR count). The van der Waals surface area contributed by atoms with Crippen molar-refractivity contribution in [2.75, 3.05) is 18.4 Å². The average Bonchev–Trinajstić information content (AvgIpc) is 2.29. The van der Waals surface area contributed by atoms with Crippen molar-refractivity contribution in [1.82, 2.24) is 15.3 Å². The normalized spacial score (nSPS) is 9.88. The quantitative estimate of drug-likeness (QED) is 0.793. The summed E-state index contributed by atoms with van der Waals surface area (Å²) in [7, 11) is 0. The van der Waals surface area contributed by atoms with Crippen molar-refractivity contribution >= 4 is 23.3 Å². The Morgan fingerprint density at radius 1 is 1.38 bits per heavy atom. The van der Waals surface area contributed by atoms with E-state index in [4.69, 9.17) is 11.6 Å². The number of hydrogen-bond acceptors (Lipinski definition) is 4. The average molecular weight is 243 g/mol. The first-order valence-electron chi connectivity index (χ1n) is 5.21. The van der Waals surface area contributed by atoms with E-state index in [0.717, 1.165) is 6.42 Å². The van der Waals surface area contributed by atoms with E-state index in [9.17, 15) is 4.79 Å². The van der Waals surface area contributed by atoms with Gasteiger partial charge in [0.05, 0.1) is 0 Å². The Balaban J connectivity index is 2.25. The van der Waals surface area contributed by atoms with Crippen LogP contribution in [0.2, 0.25) is 5.15 Å². The molecule has 2 N–H and O–H groups in total. The Bertz CT molecular complexity index is 345. The molecule has 0 atom stereocenters. The zero-order valence-corrected chi connectivity index (χ0v) is 9.92. The molecule has 0 fully saturated rings. The summed E-state index contributed by atoms with van der Waals surface area (Å²) in [6.07, 6.45) is 4.40. The van der Waals surface area contributed by atoms with Crippen LogP contribution in [0.4, 0.5) is 5.82 Å². The molecule has 1 aromatic heterocycles. The fourth-order valence-corrected chi connectivity index (χ4v) is 1.26. The highest BCUT2D eigenvalue weighted by Gasteiger charge is 2.03. The van der Waals surface area contributed by atoms with Crippen molar-refractivity contribution in [3.05, 3.63) is 17.5 Å². The first-order valence-corrected chi connectivity index (χ1v) is 5.59. The molecule has 0 saturated heterocycles. The molecule has 0 aliphatic carbocycles. The van der Waals surface area contributed by atoms with Crippen LogP contribution in [0.15, 0.2) is 12.4 Å². The first-order chi connectivity index (χ1) is 7.74. The second-order valence-electron chi connectivity index (χ2n) is 3.22. The van der Waals surface area contributed by atoms with E-state index in [0.29, 0.717) is 30.5 Å². The van der Waals surface area contributed by atoms with Gasteiger partial charge in [0.15, 0.2) is 11.0 Å². The Morgan fingerprint density at radius 3 is 2.81 bits per heavy atom. The van der Waals surface area contributed by atoms with Crippen LogP contribution in [-0.4, -0.2) is 29.0 Å². The molecule has 0 spiro atoms.